The summed E-state index contributed by atoms with van der Waals surface area (Å²) < 4.78 is 0. The molecule has 1 aliphatic carbocycles. The van der Waals surface area contributed by atoms with Crippen LogP contribution >= 0.6 is 0 Å². The molecule has 0 saturated heterocycles. The summed E-state index contributed by atoms with van der Waals surface area (Å²) in [5.74, 6) is 0. The number of carbonyl (C=O) groups is 1. The molecule has 0 atom stereocenters. The minimum Gasteiger partial charge on any atom is -0.483 e. The van der Waals surface area contributed by atoms with Crippen LogP contribution in [0.15, 0.2) is 0 Å². The van der Waals surface area contributed by atoms with E-state index in [2.05, 4.69) is 0 Å². The minimum atomic E-state index is -0.321. The third-order valence-corrected chi connectivity index (χ3v) is 1.93. The third-order valence-electron chi connectivity index (χ3n) is 1.93. The predicted octanol–water partition coefficient (Wildman–Crippen LogP) is 2.43. The van der Waals surface area contributed by atoms with Crippen LogP contribution in [0.2, 0.25) is 0 Å². The van der Waals surface area contributed by atoms with Gasteiger partial charge in [-0.1, -0.05) is 33.1 Å². The topological polar surface area (TPSA) is 57.5 Å². The van der Waals surface area contributed by atoms with Gasteiger partial charge in [0.2, 0.25) is 0 Å². The van der Waals surface area contributed by atoms with Crippen molar-refractivity contribution in [3.8, 4) is 0 Å². The molecule has 13 heavy (non-hydrogen) atoms. The van der Waals surface area contributed by atoms with Crippen LogP contribution in [0, 0.1) is 0 Å². The molecule has 3 heteroatoms. The number of hydrogen-bond acceptors (Lipinski definition) is 2. The SMILES string of the molecule is CC.CC1(O)CCCCC1.O=CO. The van der Waals surface area contributed by atoms with Gasteiger partial charge in [0.05, 0.1) is 5.60 Å². The van der Waals surface area contributed by atoms with Crippen LogP contribution in [0.25, 0.3) is 0 Å². The molecular formula is C10H22O3. The molecule has 1 rings (SSSR count). The first-order chi connectivity index (χ1) is 6.12. The van der Waals surface area contributed by atoms with Crippen molar-refractivity contribution in [3.63, 3.8) is 0 Å². The van der Waals surface area contributed by atoms with Gasteiger partial charge >= 0.3 is 0 Å². The second-order valence-corrected chi connectivity index (χ2v) is 3.16. The van der Waals surface area contributed by atoms with E-state index in [4.69, 9.17) is 9.90 Å². The fraction of sp³-hybridized carbons (Fsp3) is 0.900. The summed E-state index contributed by atoms with van der Waals surface area (Å²) in [6.45, 7) is 5.69. The van der Waals surface area contributed by atoms with E-state index in [1.807, 2.05) is 20.8 Å². The molecule has 80 valence electrons. The Morgan fingerprint density at radius 2 is 1.46 bits per heavy atom. The Bertz CT molecular complexity index is 103. The quantitative estimate of drug-likeness (QED) is 0.577. The smallest absolute Gasteiger partial charge is 0.290 e. The van der Waals surface area contributed by atoms with Gasteiger partial charge in [-0.15, -0.1) is 0 Å². The molecule has 2 N–H and O–H groups in total. The molecule has 0 aromatic carbocycles. The van der Waals surface area contributed by atoms with E-state index >= 15 is 0 Å². The molecular weight excluding hydrogens is 168 g/mol. The Morgan fingerprint density at radius 1 is 1.15 bits per heavy atom. The van der Waals surface area contributed by atoms with Crippen LogP contribution in [-0.4, -0.2) is 22.3 Å². The lowest BCUT2D eigenvalue weighted by atomic mass is 9.87. The maximum atomic E-state index is 9.37. The van der Waals surface area contributed by atoms with E-state index < -0.39 is 0 Å². The zero-order valence-corrected chi connectivity index (χ0v) is 8.92. The van der Waals surface area contributed by atoms with Crippen molar-refractivity contribution in [1.82, 2.24) is 0 Å². The summed E-state index contributed by atoms with van der Waals surface area (Å²) in [6, 6.07) is 0. The molecule has 1 saturated carbocycles. The van der Waals surface area contributed by atoms with Crippen molar-refractivity contribution in [2.45, 2.75) is 58.5 Å². The summed E-state index contributed by atoms with van der Waals surface area (Å²) >= 11 is 0. The van der Waals surface area contributed by atoms with Gasteiger partial charge in [-0.3, -0.25) is 4.79 Å². The molecule has 0 bridgehead atoms. The molecule has 0 unspecified atom stereocenters. The molecule has 0 amide bonds. The summed E-state index contributed by atoms with van der Waals surface area (Å²) in [5, 5.41) is 16.3. The average Bonchev–Trinajstić information content (AvgIpc) is 2.09. The Labute approximate surface area is 80.8 Å². The zero-order valence-electron chi connectivity index (χ0n) is 8.92. The molecule has 0 radical (unpaired) electrons. The van der Waals surface area contributed by atoms with Crippen molar-refractivity contribution in [3.05, 3.63) is 0 Å². The van der Waals surface area contributed by atoms with E-state index in [0.717, 1.165) is 12.8 Å². The van der Waals surface area contributed by atoms with Gasteiger partial charge in [-0.05, 0) is 19.8 Å². The predicted molar refractivity (Wildman–Crippen MR) is 53.7 cm³/mol. The normalized spacial score (nSPS) is 18.5. The summed E-state index contributed by atoms with van der Waals surface area (Å²) in [4.78, 5) is 8.36. The Kier molecular flexibility index (Phi) is 10.9. The third kappa shape index (κ3) is 11.4. The van der Waals surface area contributed by atoms with Gasteiger partial charge in [0.1, 0.15) is 0 Å². The van der Waals surface area contributed by atoms with E-state index in [9.17, 15) is 5.11 Å². The van der Waals surface area contributed by atoms with Gasteiger partial charge in [-0.25, -0.2) is 0 Å². The van der Waals surface area contributed by atoms with Crippen molar-refractivity contribution in [2.24, 2.45) is 0 Å². The maximum Gasteiger partial charge on any atom is 0.290 e. The van der Waals surface area contributed by atoms with E-state index in [1.54, 1.807) is 0 Å². The highest BCUT2D eigenvalue weighted by molar-refractivity contribution is 5.32. The highest BCUT2D eigenvalue weighted by Crippen LogP contribution is 2.26. The number of carboxylic acid groups (broad SMARTS) is 1. The standard InChI is InChI=1S/C7H14O.C2H6.CH2O2/c1-7(8)5-3-2-4-6-7;1-2;2-1-3/h8H,2-6H2,1H3;1-2H3;1H,(H,2,3). The second kappa shape index (κ2) is 9.52. The molecule has 0 aromatic rings. The van der Waals surface area contributed by atoms with Gasteiger partial charge in [-0.2, -0.15) is 0 Å². The van der Waals surface area contributed by atoms with Gasteiger partial charge in [0.15, 0.2) is 0 Å². The van der Waals surface area contributed by atoms with Crippen LogP contribution in [0.3, 0.4) is 0 Å². The number of rotatable bonds is 0. The molecule has 1 fully saturated rings. The van der Waals surface area contributed by atoms with Crippen molar-refractivity contribution in [2.75, 3.05) is 0 Å². The summed E-state index contributed by atoms with van der Waals surface area (Å²) in [6.07, 6.45) is 5.76. The Balaban J connectivity index is 0. The molecule has 0 aliphatic heterocycles. The summed E-state index contributed by atoms with van der Waals surface area (Å²) in [5.41, 5.74) is -0.321. The van der Waals surface area contributed by atoms with Crippen molar-refractivity contribution in [1.29, 1.82) is 0 Å². The van der Waals surface area contributed by atoms with Crippen LogP contribution in [0.5, 0.6) is 0 Å². The minimum absolute atomic E-state index is 0.250. The van der Waals surface area contributed by atoms with Crippen molar-refractivity contribution < 1.29 is 15.0 Å². The number of aliphatic hydroxyl groups is 1. The highest BCUT2D eigenvalue weighted by Gasteiger charge is 2.22. The fourth-order valence-corrected chi connectivity index (χ4v) is 1.31. The lowest BCUT2D eigenvalue weighted by Gasteiger charge is -2.27. The largest absolute Gasteiger partial charge is 0.483 e. The van der Waals surface area contributed by atoms with E-state index in [0.29, 0.717) is 0 Å². The highest BCUT2D eigenvalue weighted by atomic mass is 16.3. The Morgan fingerprint density at radius 3 is 1.62 bits per heavy atom. The lowest BCUT2D eigenvalue weighted by molar-refractivity contribution is -0.122. The van der Waals surface area contributed by atoms with E-state index in [-0.39, 0.29) is 12.1 Å². The van der Waals surface area contributed by atoms with Gasteiger partial charge in [0, 0.05) is 0 Å². The first-order valence-corrected chi connectivity index (χ1v) is 4.92. The molecule has 0 spiro atoms. The first kappa shape index (κ1) is 14.9. The van der Waals surface area contributed by atoms with Gasteiger partial charge in [0.25, 0.3) is 6.47 Å². The molecule has 0 heterocycles. The van der Waals surface area contributed by atoms with E-state index in [1.165, 1.54) is 19.3 Å². The maximum absolute atomic E-state index is 9.37. The second-order valence-electron chi connectivity index (χ2n) is 3.16. The summed E-state index contributed by atoms with van der Waals surface area (Å²) in [7, 11) is 0. The van der Waals surface area contributed by atoms with Crippen LogP contribution < -0.4 is 0 Å². The monoisotopic (exact) mass is 190 g/mol. The average molecular weight is 190 g/mol. The fourth-order valence-electron chi connectivity index (χ4n) is 1.31. The Hall–Kier alpha value is -0.570. The lowest BCUT2D eigenvalue weighted by Crippen LogP contribution is -2.26. The molecule has 0 aromatic heterocycles. The van der Waals surface area contributed by atoms with Gasteiger partial charge < -0.3 is 10.2 Å². The van der Waals surface area contributed by atoms with Crippen molar-refractivity contribution >= 4 is 6.47 Å². The van der Waals surface area contributed by atoms with Crippen LogP contribution in [-0.2, 0) is 4.79 Å². The first-order valence-electron chi connectivity index (χ1n) is 4.92. The van der Waals surface area contributed by atoms with Crippen LogP contribution in [0.1, 0.15) is 52.9 Å². The number of hydrogen-bond donors (Lipinski definition) is 2. The molecule has 3 nitrogen and oxygen atoms in total. The zero-order chi connectivity index (χ0) is 10.7. The van der Waals surface area contributed by atoms with Crippen LogP contribution in [0.4, 0.5) is 0 Å². The molecule has 1 aliphatic rings.